The molecule has 0 spiro atoms. The third kappa shape index (κ3) is 10.4. The van der Waals surface area contributed by atoms with E-state index in [4.69, 9.17) is 27.9 Å². The van der Waals surface area contributed by atoms with Gasteiger partial charge in [-0.3, -0.25) is 0 Å². The Labute approximate surface area is 265 Å². The number of amides is 2. The van der Waals surface area contributed by atoms with Crippen LogP contribution in [-0.2, 0) is 4.74 Å². The van der Waals surface area contributed by atoms with Crippen molar-refractivity contribution in [2.45, 2.75) is 91.0 Å². The van der Waals surface area contributed by atoms with Gasteiger partial charge in [0.1, 0.15) is 5.60 Å². The highest BCUT2D eigenvalue weighted by Crippen LogP contribution is 2.33. The minimum atomic E-state index is -0.922. The third-order valence-corrected chi connectivity index (χ3v) is 7.47. The summed E-state index contributed by atoms with van der Waals surface area (Å²) in [5.41, 5.74) is -0.715. The van der Waals surface area contributed by atoms with Gasteiger partial charge in [-0.15, -0.1) is 0 Å². The molecule has 244 valence electrons. The predicted octanol–water partition coefficient (Wildman–Crippen LogP) is 6.32. The Morgan fingerprint density at radius 3 is 1.82 bits per heavy atom. The summed E-state index contributed by atoms with van der Waals surface area (Å²) in [6, 6.07) is -0.198. The second kappa shape index (κ2) is 14.7. The number of nitrogens with zero attached hydrogens (tertiary/aromatic N) is 6. The molecule has 2 atom stereocenters. The van der Waals surface area contributed by atoms with Crippen molar-refractivity contribution in [1.29, 1.82) is 0 Å². The zero-order chi connectivity index (χ0) is 32.8. The maximum Gasteiger partial charge on any atom is 0.410 e. The van der Waals surface area contributed by atoms with Gasteiger partial charge in [-0.05, 0) is 75.1 Å². The average molecular weight is 662 g/mol. The Balaban J connectivity index is 0.000000240. The molecule has 44 heavy (non-hydrogen) atoms. The molecule has 4 rings (SSSR count). The number of aromatic nitrogens is 4. The fourth-order valence-electron chi connectivity index (χ4n) is 4.96. The lowest BCUT2D eigenvalue weighted by Crippen LogP contribution is -2.54. The second-order valence-corrected chi connectivity index (χ2v) is 13.5. The second-order valence-electron chi connectivity index (χ2n) is 12.8. The molecule has 0 aliphatic carbocycles. The number of rotatable bonds is 4. The van der Waals surface area contributed by atoms with E-state index in [-0.39, 0.29) is 51.8 Å². The van der Waals surface area contributed by atoms with E-state index in [2.05, 4.69) is 30.6 Å². The van der Waals surface area contributed by atoms with E-state index in [1.165, 1.54) is 4.90 Å². The molecule has 2 aromatic heterocycles. The van der Waals surface area contributed by atoms with E-state index >= 15 is 0 Å². The first-order valence-electron chi connectivity index (χ1n) is 14.3. The molecule has 3 N–H and O–H groups in total. The van der Waals surface area contributed by atoms with Crippen molar-refractivity contribution in [3.05, 3.63) is 34.6 Å². The van der Waals surface area contributed by atoms with Crippen LogP contribution in [0.1, 0.15) is 67.2 Å². The molecule has 4 heterocycles. The van der Waals surface area contributed by atoms with E-state index in [9.17, 15) is 23.5 Å². The van der Waals surface area contributed by atoms with Crippen molar-refractivity contribution in [2.75, 3.05) is 30.3 Å². The van der Waals surface area contributed by atoms with Gasteiger partial charge in [0.2, 0.25) is 10.6 Å². The lowest BCUT2D eigenvalue weighted by Gasteiger charge is -2.44. The zero-order valence-corrected chi connectivity index (χ0v) is 27.2. The summed E-state index contributed by atoms with van der Waals surface area (Å²) >= 11 is 11.3. The van der Waals surface area contributed by atoms with Gasteiger partial charge in [-0.1, -0.05) is 20.8 Å². The van der Waals surface area contributed by atoms with Crippen LogP contribution in [0.3, 0.4) is 0 Å². The number of carboxylic acid groups (broad SMARTS) is 1. The minimum Gasteiger partial charge on any atom is -0.465 e. The van der Waals surface area contributed by atoms with Crippen LogP contribution in [0.4, 0.5) is 30.0 Å². The molecule has 2 fully saturated rings. The van der Waals surface area contributed by atoms with Crippen molar-refractivity contribution in [3.63, 3.8) is 0 Å². The van der Waals surface area contributed by atoms with Gasteiger partial charge in [0, 0.05) is 37.8 Å². The summed E-state index contributed by atoms with van der Waals surface area (Å²) in [6.07, 6.45) is 3.34. The third-order valence-electron chi connectivity index (χ3n) is 7.11. The summed E-state index contributed by atoms with van der Waals surface area (Å²) in [7, 11) is 0. The summed E-state index contributed by atoms with van der Waals surface area (Å²) in [6.45, 7) is 13.0. The molecule has 12 nitrogen and oxygen atoms in total. The van der Waals surface area contributed by atoms with Crippen molar-refractivity contribution in [1.82, 2.24) is 29.7 Å². The number of halogens is 4. The van der Waals surface area contributed by atoms with Crippen LogP contribution in [-0.4, -0.2) is 90.4 Å². The molecule has 0 aromatic carbocycles. The number of ether oxygens (including phenoxy) is 1. The Kier molecular flexibility index (Phi) is 11.8. The highest BCUT2D eigenvalue weighted by atomic mass is 35.5. The number of likely N-dealkylation sites (tertiary alicyclic amines) is 2. The van der Waals surface area contributed by atoms with E-state index < -0.39 is 23.3 Å². The van der Waals surface area contributed by atoms with Gasteiger partial charge < -0.3 is 30.3 Å². The average Bonchev–Trinajstić information content (AvgIpc) is 2.92. The summed E-state index contributed by atoms with van der Waals surface area (Å²) in [5.74, 6) is -0.964. The monoisotopic (exact) mass is 660 g/mol. The quantitative estimate of drug-likeness (QED) is 0.318. The van der Waals surface area contributed by atoms with Gasteiger partial charge in [0.15, 0.2) is 23.3 Å². The molecule has 2 aromatic rings. The molecular weight excluding hydrogens is 621 g/mol. The summed E-state index contributed by atoms with van der Waals surface area (Å²) < 4.78 is 32.6. The maximum absolute atomic E-state index is 13.7. The number of carbonyl (C=O) groups is 2. The first kappa shape index (κ1) is 35.2. The highest BCUT2D eigenvalue weighted by molar-refractivity contribution is 6.28. The molecular formula is C28H40Cl2F2N8O4. The lowest BCUT2D eigenvalue weighted by atomic mass is 9.79. The predicted molar refractivity (Wildman–Crippen MR) is 163 cm³/mol. The molecule has 0 saturated carbocycles. The highest BCUT2D eigenvalue weighted by Gasteiger charge is 2.39. The van der Waals surface area contributed by atoms with Gasteiger partial charge >= 0.3 is 12.2 Å². The van der Waals surface area contributed by atoms with Crippen molar-refractivity contribution < 1.29 is 28.2 Å². The number of nitrogens with one attached hydrogen (secondary N) is 2. The normalized spacial score (nSPS) is 19.5. The molecule has 2 unspecified atom stereocenters. The first-order chi connectivity index (χ1) is 20.4. The van der Waals surface area contributed by atoms with E-state index in [1.807, 2.05) is 41.5 Å². The van der Waals surface area contributed by atoms with Gasteiger partial charge in [0.05, 0.1) is 12.4 Å². The number of hydrogen-bond donors (Lipinski definition) is 3. The van der Waals surface area contributed by atoms with Gasteiger partial charge in [-0.25, -0.2) is 28.3 Å². The number of hydrogen-bond acceptors (Lipinski definition) is 9. The molecule has 2 aliphatic rings. The zero-order valence-electron chi connectivity index (χ0n) is 25.7. The smallest absolute Gasteiger partial charge is 0.410 e. The Morgan fingerprint density at radius 2 is 1.36 bits per heavy atom. The van der Waals surface area contributed by atoms with Crippen LogP contribution < -0.4 is 10.6 Å². The molecule has 2 amide bonds. The Hall–Kier alpha value is -3.26. The summed E-state index contributed by atoms with van der Waals surface area (Å²) in [5, 5.41) is 15.3. The van der Waals surface area contributed by atoms with Gasteiger partial charge in [-0.2, -0.15) is 9.97 Å². The van der Waals surface area contributed by atoms with Crippen LogP contribution in [0, 0.1) is 17.0 Å². The molecule has 16 heteroatoms. The van der Waals surface area contributed by atoms with Crippen LogP contribution in [0.5, 0.6) is 0 Å². The topological polar surface area (TPSA) is 146 Å². The van der Waals surface area contributed by atoms with Gasteiger partial charge in [0.25, 0.3) is 0 Å². The van der Waals surface area contributed by atoms with Crippen LogP contribution in [0.15, 0.2) is 12.4 Å². The van der Waals surface area contributed by atoms with Crippen LogP contribution in [0.2, 0.25) is 10.6 Å². The van der Waals surface area contributed by atoms with E-state index in [0.29, 0.717) is 45.3 Å². The van der Waals surface area contributed by atoms with Crippen LogP contribution >= 0.6 is 23.2 Å². The number of carbonyl (C=O) groups excluding carboxylic acids is 1. The lowest BCUT2D eigenvalue weighted by molar-refractivity contribution is 0.0210. The summed E-state index contributed by atoms with van der Waals surface area (Å²) in [4.78, 5) is 41.3. The number of piperidine rings is 2. The van der Waals surface area contributed by atoms with Crippen molar-refractivity contribution >= 4 is 47.0 Å². The van der Waals surface area contributed by atoms with E-state index in [1.54, 1.807) is 4.90 Å². The first-order valence-corrected chi connectivity index (χ1v) is 15.0. The van der Waals surface area contributed by atoms with Crippen LogP contribution in [0.25, 0.3) is 0 Å². The van der Waals surface area contributed by atoms with Crippen molar-refractivity contribution in [2.24, 2.45) is 5.41 Å². The fourth-order valence-corrected chi connectivity index (χ4v) is 5.23. The molecule has 2 saturated heterocycles. The molecule has 0 radical (unpaired) electrons. The minimum absolute atomic E-state index is 0.00455. The fraction of sp³-hybridized carbons (Fsp3) is 0.643. The standard InChI is InChI=1S/2C14H20ClFN4O2/c1-14(2,3)22-13(21)20-6-4-9(5-7-20)18-11-10(16)8-17-12(15)19-11;1-14(2,3)10-6-8(4-5-20(10)13(21)22)18-11-9(16)7-17-12(15)19-11/h8-9H,4-7H2,1-3H3,(H,17,18,19);7-8,10H,4-6H2,1-3H3,(H,21,22)(H,17,18,19). The number of anilines is 2. The van der Waals surface area contributed by atoms with Crippen molar-refractivity contribution in [3.8, 4) is 0 Å². The Morgan fingerprint density at radius 1 is 0.886 bits per heavy atom. The maximum atomic E-state index is 13.7. The SMILES string of the molecule is CC(C)(C)C1CC(Nc2nc(Cl)ncc2F)CCN1C(=O)O.CC(C)(C)OC(=O)N1CCC(Nc2nc(Cl)ncc2F)CC1. The molecule has 2 aliphatic heterocycles. The largest absolute Gasteiger partial charge is 0.465 e. The Bertz CT molecular complexity index is 1300. The molecule has 0 bridgehead atoms. The van der Waals surface area contributed by atoms with E-state index in [0.717, 1.165) is 12.4 Å².